The minimum Gasteiger partial charge on any atom is -0.497 e. The fraction of sp³-hybridized carbons (Fsp3) is 0.467. The minimum absolute atomic E-state index is 0.00696. The summed E-state index contributed by atoms with van der Waals surface area (Å²) in [6.07, 6.45) is 2.82. The summed E-state index contributed by atoms with van der Waals surface area (Å²) >= 11 is 1.56. The Kier molecular flexibility index (Phi) is 7.73. The molecule has 2 fully saturated rings. The predicted octanol–water partition coefficient (Wildman–Crippen LogP) is 5.31. The molecule has 1 aliphatic carbocycles. The smallest absolute Gasteiger partial charge is 0.313 e. The van der Waals surface area contributed by atoms with Crippen LogP contribution in [0, 0.1) is 11.3 Å². The van der Waals surface area contributed by atoms with E-state index in [1.54, 1.807) is 31.4 Å². The normalized spacial score (nSPS) is 24.1. The van der Waals surface area contributed by atoms with Crippen LogP contribution in [0.3, 0.4) is 0 Å². The summed E-state index contributed by atoms with van der Waals surface area (Å²) in [6, 6.07) is 7.27. The van der Waals surface area contributed by atoms with Crippen LogP contribution in [0.4, 0.5) is 0 Å². The molecule has 206 valence electrons. The third-order valence-electron chi connectivity index (χ3n) is 7.67. The number of ketones is 1. The fourth-order valence-corrected chi connectivity index (χ4v) is 6.20. The number of rotatable bonds is 11. The number of hydrogen-bond donors (Lipinski definition) is 1. The number of ether oxygens (including phenoxy) is 3. The molecule has 4 atom stereocenters. The number of thiazole rings is 1. The maximum Gasteiger partial charge on any atom is 0.313 e. The van der Waals surface area contributed by atoms with Gasteiger partial charge in [0, 0.05) is 42.3 Å². The summed E-state index contributed by atoms with van der Waals surface area (Å²) in [4.78, 5) is 35.5. The Morgan fingerprint density at radius 3 is 2.77 bits per heavy atom. The van der Waals surface area contributed by atoms with E-state index in [9.17, 15) is 9.59 Å². The zero-order chi connectivity index (χ0) is 27.7. The molecule has 0 radical (unpaired) electrons. The quantitative estimate of drug-likeness (QED) is 0.254. The fourth-order valence-electron chi connectivity index (χ4n) is 5.26. The number of Topliss-reactive ketones (excluding diaryl/α,β-unsaturated/α-hetero) is 1. The lowest BCUT2D eigenvalue weighted by Gasteiger charge is -2.18. The predicted molar refractivity (Wildman–Crippen MR) is 151 cm³/mol. The maximum atomic E-state index is 13.3. The number of carbonyl (C=O) groups is 2. The van der Waals surface area contributed by atoms with Crippen LogP contribution in [0.25, 0.3) is 21.6 Å². The van der Waals surface area contributed by atoms with Crippen LogP contribution in [0.15, 0.2) is 42.3 Å². The van der Waals surface area contributed by atoms with Gasteiger partial charge in [0.1, 0.15) is 28.3 Å². The Bertz CT molecular complexity index is 1400. The summed E-state index contributed by atoms with van der Waals surface area (Å²) < 4.78 is 17.2. The maximum absolute atomic E-state index is 13.3. The monoisotopic (exact) mass is 549 g/mol. The van der Waals surface area contributed by atoms with Crippen molar-refractivity contribution in [1.29, 1.82) is 0 Å². The van der Waals surface area contributed by atoms with Crippen molar-refractivity contribution in [1.82, 2.24) is 15.3 Å². The molecule has 8 nitrogen and oxygen atoms in total. The van der Waals surface area contributed by atoms with E-state index in [0.717, 1.165) is 27.3 Å². The number of allylic oxidation sites excluding steroid dienone is 1. The van der Waals surface area contributed by atoms with E-state index >= 15 is 0 Å². The molecule has 0 spiro atoms. The third kappa shape index (κ3) is 5.43. The van der Waals surface area contributed by atoms with Crippen molar-refractivity contribution in [3.05, 3.63) is 48.0 Å². The van der Waals surface area contributed by atoms with Crippen LogP contribution in [0.5, 0.6) is 11.5 Å². The van der Waals surface area contributed by atoms with Crippen molar-refractivity contribution < 1.29 is 23.8 Å². The molecule has 1 aromatic carbocycles. The van der Waals surface area contributed by atoms with Gasteiger partial charge in [-0.25, -0.2) is 9.97 Å². The Morgan fingerprint density at radius 1 is 1.28 bits per heavy atom. The lowest BCUT2D eigenvalue weighted by molar-refractivity contribution is -0.152. The lowest BCUT2D eigenvalue weighted by Crippen LogP contribution is -2.35. The molecule has 2 aliphatic rings. The summed E-state index contributed by atoms with van der Waals surface area (Å²) in [5.74, 6) is 1.41. The second-order valence-corrected chi connectivity index (χ2v) is 11.5. The van der Waals surface area contributed by atoms with E-state index < -0.39 is 5.41 Å². The van der Waals surface area contributed by atoms with Gasteiger partial charge >= 0.3 is 5.97 Å². The van der Waals surface area contributed by atoms with Crippen molar-refractivity contribution in [2.75, 3.05) is 20.3 Å². The van der Waals surface area contributed by atoms with Crippen molar-refractivity contribution >= 4 is 34.0 Å². The third-order valence-corrected chi connectivity index (χ3v) is 8.56. The molecule has 1 aliphatic heterocycles. The van der Waals surface area contributed by atoms with Gasteiger partial charge in [-0.3, -0.25) is 9.59 Å². The van der Waals surface area contributed by atoms with Gasteiger partial charge in [-0.05, 0) is 37.3 Å². The zero-order valence-electron chi connectivity index (χ0n) is 22.9. The van der Waals surface area contributed by atoms with Crippen molar-refractivity contribution in [3.63, 3.8) is 0 Å². The molecule has 1 N–H and O–H groups in total. The van der Waals surface area contributed by atoms with Crippen molar-refractivity contribution in [2.45, 2.75) is 58.1 Å². The molecule has 0 unspecified atom stereocenters. The molecule has 1 saturated heterocycles. The zero-order valence-corrected chi connectivity index (χ0v) is 23.7. The summed E-state index contributed by atoms with van der Waals surface area (Å²) in [5, 5.41) is 7.07. The number of nitrogens with one attached hydrogen (secondary N) is 1. The SMILES string of the molecule is C=C[C@@H]1C[C@]1(CC(=O)[C@@H]1C[C@@H](Oc2cc(-c3nc(C(C)C)cs3)nc3cc(OC)ccc23)CN1)C(=O)OCC. The molecule has 9 heteroatoms. The molecule has 1 saturated carbocycles. The van der Waals surface area contributed by atoms with E-state index in [1.807, 2.05) is 24.3 Å². The van der Waals surface area contributed by atoms with Gasteiger partial charge in [0.25, 0.3) is 0 Å². The van der Waals surface area contributed by atoms with Gasteiger partial charge in [0.05, 0.1) is 36.4 Å². The van der Waals surface area contributed by atoms with Gasteiger partial charge in [-0.15, -0.1) is 17.9 Å². The van der Waals surface area contributed by atoms with Gasteiger partial charge < -0.3 is 19.5 Å². The molecule has 2 aromatic heterocycles. The van der Waals surface area contributed by atoms with Crippen molar-refractivity contribution in [2.24, 2.45) is 11.3 Å². The second kappa shape index (κ2) is 11.1. The Morgan fingerprint density at radius 2 is 2.10 bits per heavy atom. The topological polar surface area (TPSA) is 99.6 Å². The first-order valence-corrected chi connectivity index (χ1v) is 14.3. The van der Waals surface area contributed by atoms with Crippen LogP contribution < -0.4 is 14.8 Å². The van der Waals surface area contributed by atoms with E-state index in [1.165, 1.54) is 0 Å². The first kappa shape index (κ1) is 27.3. The van der Waals surface area contributed by atoms with Crippen LogP contribution >= 0.6 is 11.3 Å². The van der Waals surface area contributed by atoms with Gasteiger partial charge in [0.2, 0.25) is 0 Å². The minimum atomic E-state index is -0.771. The molecular formula is C30H35N3O5S. The van der Waals surface area contributed by atoms with Crippen LogP contribution in [-0.2, 0) is 14.3 Å². The van der Waals surface area contributed by atoms with Crippen molar-refractivity contribution in [3.8, 4) is 22.2 Å². The number of benzene rings is 1. The number of nitrogens with zero attached hydrogens (tertiary/aromatic N) is 2. The van der Waals surface area contributed by atoms with Gasteiger partial charge in [0.15, 0.2) is 5.78 Å². The second-order valence-electron chi connectivity index (χ2n) is 10.6. The van der Waals surface area contributed by atoms with Gasteiger partial charge in [-0.2, -0.15) is 0 Å². The molecule has 3 heterocycles. The Hall–Kier alpha value is -3.30. The lowest BCUT2D eigenvalue weighted by atomic mass is 9.92. The molecule has 3 aromatic rings. The number of pyridine rings is 1. The number of methoxy groups -OCH3 is 1. The van der Waals surface area contributed by atoms with E-state index in [4.69, 9.17) is 24.2 Å². The highest BCUT2D eigenvalue weighted by atomic mass is 32.1. The van der Waals surface area contributed by atoms with E-state index in [0.29, 0.717) is 43.4 Å². The first-order chi connectivity index (χ1) is 18.8. The average molecular weight is 550 g/mol. The number of fused-ring (bicyclic) bond motifs is 1. The Labute approximate surface area is 232 Å². The molecular weight excluding hydrogens is 514 g/mol. The van der Waals surface area contributed by atoms with E-state index in [2.05, 4.69) is 31.1 Å². The largest absolute Gasteiger partial charge is 0.497 e. The number of carbonyl (C=O) groups excluding carboxylic acids is 2. The number of aromatic nitrogens is 2. The molecule has 0 amide bonds. The summed E-state index contributed by atoms with van der Waals surface area (Å²) in [6.45, 7) is 10.7. The average Bonchev–Trinajstić information content (AvgIpc) is 3.25. The highest BCUT2D eigenvalue weighted by molar-refractivity contribution is 7.13. The summed E-state index contributed by atoms with van der Waals surface area (Å²) in [7, 11) is 1.63. The standard InChI is InChI=1S/C30H35N3O5S/c1-6-18-13-30(18,29(35)37-7-2)14-26(34)23-11-20(15-31-23)38-27-12-24(28-33-25(16-39-28)17(3)4)32-22-10-19(36-5)8-9-21(22)27/h6,8-10,12,16-18,20,23,31H,1,7,11,13-15H2,2-5H3/t18-,20-,23+,30-/m1/s1. The highest BCUT2D eigenvalue weighted by Gasteiger charge is 2.61. The molecule has 5 rings (SSSR count). The van der Waals surface area contributed by atoms with Crippen LogP contribution in [-0.4, -0.2) is 54.1 Å². The molecule has 39 heavy (non-hydrogen) atoms. The first-order valence-electron chi connectivity index (χ1n) is 13.4. The van der Waals surface area contributed by atoms with Crippen LogP contribution in [0.1, 0.15) is 51.6 Å². The summed E-state index contributed by atoms with van der Waals surface area (Å²) in [5.41, 5.74) is 1.75. The Balaban J connectivity index is 1.35. The molecule has 0 bridgehead atoms. The van der Waals surface area contributed by atoms with Gasteiger partial charge in [-0.1, -0.05) is 19.9 Å². The highest BCUT2D eigenvalue weighted by Crippen LogP contribution is 2.57. The van der Waals surface area contributed by atoms with E-state index in [-0.39, 0.29) is 36.2 Å². The number of esters is 1. The number of hydrogen-bond acceptors (Lipinski definition) is 9. The van der Waals surface area contributed by atoms with Crippen LogP contribution in [0.2, 0.25) is 0 Å².